The lowest BCUT2D eigenvalue weighted by Crippen LogP contribution is -1.97. The van der Waals surface area contributed by atoms with E-state index in [-0.39, 0.29) is 17.7 Å². The van der Waals surface area contributed by atoms with Crippen molar-refractivity contribution in [2.24, 2.45) is 0 Å². The van der Waals surface area contributed by atoms with Crippen molar-refractivity contribution in [3.05, 3.63) is 64.3 Å². The minimum absolute atomic E-state index is 0.0895. The van der Waals surface area contributed by atoms with Gasteiger partial charge in [0.05, 0.1) is 11.6 Å². The zero-order valence-corrected chi connectivity index (χ0v) is 12.1. The van der Waals surface area contributed by atoms with E-state index in [0.717, 1.165) is 17.6 Å². The Morgan fingerprint density at radius 2 is 2.09 bits per heavy atom. The van der Waals surface area contributed by atoms with Crippen LogP contribution >= 0.6 is 11.6 Å². The van der Waals surface area contributed by atoms with Gasteiger partial charge in [-0.05, 0) is 42.0 Å². The second kappa shape index (κ2) is 4.79. The highest BCUT2D eigenvalue weighted by Crippen LogP contribution is 2.56. The molecule has 0 aliphatic heterocycles. The maximum absolute atomic E-state index is 14.1. The molecule has 3 aromatic rings. The second-order valence-electron chi connectivity index (χ2n) is 5.41. The van der Waals surface area contributed by atoms with Gasteiger partial charge in [-0.3, -0.25) is 0 Å². The van der Waals surface area contributed by atoms with E-state index in [1.54, 1.807) is 35.1 Å². The van der Waals surface area contributed by atoms with Crippen molar-refractivity contribution >= 4 is 17.2 Å². The third-order valence-corrected chi connectivity index (χ3v) is 4.26. The molecule has 0 unspecified atom stereocenters. The summed E-state index contributed by atoms with van der Waals surface area (Å²) < 4.78 is 15.8. The van der Waals surface area contributed by atoms with E-state index >= 15 is 0 Å². The van der Waals surface area contributed by atoms with Crippen molar-refractivity contribution in [1.29, 1.82) is 5.26 Å². The summed E-state index contributed by atoms with van der Waals surface area (Å²) in [7, 11) is 0. The summed E-state index contributed by atoms with van der Waals surface area (Å²) in [4.78, 5) is 4.30. The molecule has 0 spiro atoms. The van der Waals surface area contributed by atoms with Gasteiger partial charge in [0.15, 0.2) is 5.65 Å². The highest BCUT2D eigenvalue weighted by atomic mass is 35.5. The maximum Gasteiger partial charge on any atom is 0.157 e. The van der Waals surface area contributed by atoms with Crippen LogP contribution in [0.3, 0.4) is 0 Å². The molecule has 2 aromatic heterocycles. The lowest BCUT2D eigenvalue weighted by atomic mass is 10.0. The molecule has 1 aliphatic rings. The van der Waals surface area contributed by atoms with E-state index in [4.69, 9.17) is 16.9 Å². The Morgan fingerprint density at radius 3 is 2.86 bits per heavy atom. The zero-order valence-electron chi connectivity index (χ0n) is 11.4. The summed E-state index contributed by atoms with van der Waals surface area (Å²) >= 11 is 6.05. The highest BCUT2D eigenvalue weighted by molar-refractivity contribution is 6.29. The number of halogens is 2. The summed E-state index contributed by atoms with van der Waals surface area (Å²) in [6, 6.07) is 8.38. The number of nitrogens with zero attached hydrogens (tertiary/aromatic N) is 4. The summed E-state index contributed by atoms with van der Waals surface area (Å²) in [5.41, 5.74) is 2.72. The van der Waals surface area contributed by atoms with Crippen molar-refractivity contribution in [2.75, 3.05) is 0 Å². The van der Waals surface area contributed by atoms with Crippen molar-refractivity contribution in [2.45, 2.75) is 18.3 Å². The molecule has 1 saturated carbocycles. The summed E-state index contributed by atoms with van der Waals surface area (Å²) in [6.07, 6.45) is 4.25. The Labute approximate surface area is 130 Å². The monoisotopic (exact) mass is 312 g/mol. The number of nitriles is 1. The fourth-order valence-corrected chi connectivity index (χ4v) is 3.16. The molecular weight excluding hydrogens is 303 g/mol. The molecular formula is C16H10ClFN4. The number of rotatable bonds is 2. The number of imidazole rings is 1. The van der Waals surface area contributed by atoms with Crippen LogP contribution in [0.25, 0.3) is 5.65 Å². The predicted octanol–water partition coefficient (Wildman–Crippen LogP) is 3.66. The number of hydrogen-bond acceptors (Lipinski definition) is 3. The Balaban J connectivity index is 1.72. The van der Waals surface area contributed by atoms with Crippen molar-refractivity contribution in [3.8, 4) is 6.07 Å². The first kappa shape index (κ1) is 13.2. The van der Waals surface area contributed by atoms with Crippen LogP contribution in [-0.2, 0) is 0 Å². The van der Waals surface area contributed by atoms with Crippen LogP contribution in [0, 0.1) is 17.1 Å². The molecule has 2 heterocycles. The van der Waals surface area contributed by atoms with Gasteiger partial charge in [-0.25, -0.2) is 13.9 Å². The first-order valence-corrected chi connectivity index (χ1v) is 7.24. The Bertz CT molecular complexity index is 928. The van der Waals surface area contributed by atoms with E-state index in [1.165, 1.54) is 6.07 Å². The largest absolute Gasteiger partial charge is 0.235 e. The summed E-state index contributed by atoms with van der Waals surface area (Å²) in [5.74, 6) is -0.0642. The van der Waals surface area contributed by atoms with E-state index in [0.29, 0.717) is 16.3 Å². The molecule has 0 N–H and O–H groups in total. The van der Waals surface area contributed by atoms with Gasteiger partial charge < -0.3 is 0 Å². The fourth-order valence-electron chi connectivity index (χ4n) is 2.96. The minimum Gasteiger partial charge on any atom is -0.235 e. The lowest BCUT2D eigenvalue weighted by molar-refractivity contribution is 0.609. The molecule has 0 radical (unpaired) electrons. The van der Waals surface area contributed by atoms with Crippen LogP contribution in [0.15, 0.2) is 36.7 Å². The highest BCUT2D eigenvalue weighted by Gasteiger charge is 2.42. The quantitative estimate of drug-likeness (QED) is 0.725. The van der Waals surface area contributed by atoms with Crippen molar-refractivity contribution in [3.63, 3.8) is 0 Å². The molecule has 4 nitrogen and oxygen atoms in total. The van der Waals surface area contributed by atoms with Gasteiger partial charge in [0, 0.05) is 18.0 Å². The topological polar surface area (TPSA) is 54.0 Å². The van der Waals surface area contributed by atoms with Gasteiger partial charge in [0.2, 0.25) is 0 Å². The standard InChI is InChI=1S/C16H10ClFN4/c17-15-7-13(16-20-3-4-22(16)21-15)12-6-11(12)10-2-1-9(8-19)5-14(10)18/h1-5,7,11-12H,6H2/t11-,12+/m1/s1. The van der Waals surface area contributed by atoms with Crippen LogP contribution in [0.2, 0.25) is 5.15 Å². The zero-order chi connectivity index (χ0) is 15.3. The molecule has 0 amide bonds. The summed E-state index contributed by atoms with van der Waals surface area (Å²) in [6.45, 7) is 0. The van der Waals surface area contributed by atoms with Gasteiger partial charge in [-0.1, -0.05) is 17.7 Å². The third-order valence-electron chi connectivity index (χ3n) is 4.08. The normalized spacial score (nSPS) is 20.0. The first-order chi connectivity index (χ1) is 10.7. The minimum atomic E-state index is -0.328. The smallest absolute Gasteiger partial charge is 0.157 e. The lowest BCUT2D eigenvalue weighted by Gasteiger charge is -2.05. The van der Waals surface area contributed by atoms with E-state index in [9.17, 15) is 4.39 Å². The molecule has 1 fully saturated rings. The molecule has 6 heteroatoms. The van der Waals surface area contributed by atoms with Crippen molar-refractivity contribution in [1.82, 2.24) is 14.6 Å². The molecule has 1 aromatic carbocycles. The third kappa shape index (κ3) is 2.04. The number of benzene rings is 1. The van der Waals surface area contributed by atoms with Crippen molar-refractivity contribution < 1.29 is 4.39 Å². The van der Waals surface area contributed by atoms with Gasteiger partial charge >= 0.3 is 0 Å². The van der Waals surface area contributed by atoms with Gasteiger partial charge in [-0.15, -0.1) is 0 Å². The average molecular weight is 313 g/mol. The van der Waals surface area contributed by atoms with Crippen LogP contribution in [0.1, 0.15) is 34.9 Å². The van der Waals surface area contributed by atoms with E-state index in [2.05, 4.69) is 10.1 Å². The molecule has 0 saturated heterocycles. The molecule has 0 bridgehead atoms. The number of hydrogen-bond donors (Lipinski definition) is 0. The molecule has 22 heavy (non-hydrogen) atoms. The van der Waals surface area contributed by atoms with E-state index in [1.807, 2.05) is 6.07 Å². The first-order valence-electron chi connectivity index (χ1n) is 6.86. The Hall–Kier alpha value is -2.45. The molecule has 2 atom stereocenters. The Morgan fingerprint density at radius 1 is 1.27 bits per heavy atom. The number of aromatic nitrogens is 3. The molecule has 108 valence electrons. The fraction of sp³-hybridized carbons (Fsp3) is 0.188. The molecule has 4 rings (SSSR count). The van der Waals surface area contributed by atoms with Crippen LogP contribution in [0.4, 0.5) is 4.39 Å². The molecule has 1 aliphatic carbocycles. The van der Waals surface area contributed by atoms with Crippen LogP contribution in [0.5, 0.6) is 0 Å². The Kier molecular flexibility index (Phi) is 2.88. The van der Waals surface area contributed by atoms with Crippen LogP contribution < -0.4 is 0 Å². The van der Waals surface area contributed by atoms with Crippen LogP contribution in [-0.4, -0.2) is 14.6 Å². The van der Waals surface area contributed by atoms with Gasteiger partial charge in [0.1, 0.15) is 11.0 Å². The number of fused-ring (bicyclic) bond motifs is 1. The van der Waals surface area contributed by atoms with E-state index < -0.39 is 0 Å². The van der Waals surface area contributed by atoms with Gasteiger partial charge in [-0.2, -0.15) is 10.4 Å². The maximum atomic E-state index is 14.1. The summed E-state index contributed by atoms with van der Waals surface area (Å²) in [5, 5.41) is 13.4. The van der Waals surface area contributed by atoms with Gasteiger partial charge in [0.25, 0.3) is 0 Å². The predicted molar refractivity (Wildman–Crippen MR) is 79.2 cm³/mol. The second-order valence-corrected chi connectivity index (χ2v) is 5.80. The SMILES string of the molecule is N#Cc1ccc([C@H]2C[C@@H]2c2cc(Cl)nn3ccnc23)c(F)c1. The average Bonchev–Trinajstić information content (AvgIpc) is 3.15.